The summed E-state index contributed by atoms with van der Waals surface area (Å²) < 4.78 is 5.22. The summed E-state index contributed by atoms with van der Waals surface area (Å²) in [7, 11) is 0. The zero-order chi connectivity index (χ0) is 23.9. The van der Waals surface area contributed by atoms with Crippen LogP contribution in [0.25, 0.3) is 0 Å². The Kier molecular flexibility index (Phi) is 21.9. The summed E-state index contributed by atoms with van der Waals surface area (Å²) in [6.45, 7) is 10.8. The van der Waals surface area contributed by atoms with Crippen molar-refractivity contribution in [2.75, 3.05) is 19.7 Å². The monoisotopic (exact) mass is 451 g/mol. The molecule has 188 valence electrons. The molecule has 32 heavy (non-hydrogen) atoms. The van der Waals surface area contributed by atoms with E-state index in [2.05, 4.69) is 27.7 Å². The van der Waals surface area contributed by atoms with Gasteiger partial charge < -0.3 is 9.64 Å². The molecule has 0 bridgehead atoms. The Balaban J connectivity index is 4.35. The van der Waals surface area contributed by atoms with Gasteiger partial charge in [0, 0.05) is 25.2 Å². The highest BCUT2D eigenvalue weighted by molar-refractivity contribution is 5.94. The van der Waals surface area contributed by atoms with Crippen LogP contribution < -0.4 is 0 Å². The van der Waals surface area contributed by atoms with E-state index >= 15 is 0 Å². The Morgan fingerprint density at radius 2 is 1.16 bits per heavy atom. The van der Waals surface area contributed by atoms with Gasteiger partial charge in [0.15, 0.2) is 0 Å². The molecule has 0 aromatic rings. The van der Waals surface area contributed by atoms with Crippen LogP contribution in [0.5, 0.6) is 0 Å². The Labute approximate surface area is 199 Å². The highest BCUT2D eigenvalue weighted by Gasteiger charge is 2.11. The average molecular weight is 452 g/mol. The lowest BCUT2D eigenvalue weighted by molar-refractivity contribution is -0.138. The minimum absolute atomic E-state index is 0.0545. The lowest BCUT2D eigenvalue weighted by Gasteiger charge is -2.21. The molecule has 0 aliphatic heterocycles. The van der Waals surface area contributed by atoms with Crippen LogP contribution in [0.4, 0.5) is 0 Å². The van der Waals surface area contributed by atoms with Crippen LogP contribution in [0, 0.1) is 5.92 Å². The summed E-state index contributed by atoms with van der Waals surface area (Å²) in [6.07, 6.45) is 22.0. The maximum Gasteiger partial charge on any atom is 0.330 e. The van der Waals surface area contributed by atoms with Crippen molar-refractivity contribution in [2.45, 2.75) is 130 Å². The quantitative estimate of drug-likeness (QED) is 0.0956. The van der Waals surface area contributed by atoms with E-state index in [4.69, 9.17) is 4.74 Å². The molecule has 0 aliphatic carbocycles. The molecule has 0 atom stereocenters. The molecule has 0 N–H and O–H groups in total. The number of hydrogen-bond donors (Lipinski definition) is 0. The third-order valence-electron chi connectivity index (χ3n) is 5.91. The Morgan fingerprint density at radius 3 is 1.62 bits per heavy atom. The van der Waals surface area contributed by atoms with Crippen LogP contribution in [0.1, 0.15) is 130 Å². The first-order valence-corrected chi connectivity index (χ1v) is 13.6. The molecule has 0 aromatic carbocycles. The SMILES string of the molecule is CCCCCCCCCN(CCCCCCCCC)C(=O)/C=C/C(=O)OCCCC(C)C. The van der Waals surface area contributed by atoms with Gasteiger partial charge in [0.2, 0.25) is 5.91 Å². The minimum atomic E-state index is -0.408. The van der Waals surface area contributed by atoms with Gasteiger partial charge in [-0.25, -0.2) is 4.79 Å². The van der Waals surface area contributed by atoms with E-state index < -0.39 is 5.97 Å². The van der Waals surface area contributed by atoms with Crippen LogP contribution >= 0.6 is 0 Å². The maximum atomic E-state index is 12.7. The summed E-state index contributed by atoms with van der Waals surface area (Å²) in [5.74, 6) is 0.146. The molecule has 0 saturated carbocycles. The topological polar surface area (TPSA) is 46.6 Å². The molecule has 0 saturated heterocycles. The molecule has 0 heterocycles. The molecular weight excluding hydrogens is 398 g/mol. The van der Waals surface area contributed by atoms with E-state index in [1.165, 1.54) is 89.2 Å². The molecular formula is C28H53NO3. The van der Waals surface area contributed by atoms with Gasteiger partial charge >= 0.3 is 5.97 Å². The first-order chi connectivity index (χ1) is 15.5. The van der Waals surface area contributed by atoms with E-state index in [0.717, 1.165) is 38.8 Å². The zero-order valence-corrected chi connectivity index (χ0v) is 21.8. The van der Waals surface area contributed by atoms with Crippen molar-refractivity contribution < 1.29 is 14.3 Å². The molecule has 0 unspecified atom stereocenters. The average Bonchev–Trinajstić information content (AvgIpc) is 2.77. The van der Waals surface area contributed by atoms with Crippen molar-refractivity contribution in [3.63, 3.8) is 0 Å². The van der Waals surface area contributed by atoms with Gasteiger partial charge in [-0.05, 0) is 31.6 Å². The first-order valence-electron chi connectivity index (χ1n) is 13.6. The van der Waals surface area contributed by atoms with Gasteiger partial charge in [0.05, 0.1) is 6.61 Å². The van der Waals surface area contributed by atoms with Crippen LogP contribution in [-0.2, 0) is 14.3 Å². The highest BCUT2D eigenvalue weighted by Crippen LogP contribution is 2.11. The van der Waals surface area contributed by atoms with Gasteiger partial charge in [-0.1, -0.05) is 105 Å². The zero-order valence-electron chi connectivity index (χ0n) is 21.8. The molecule has 0 spiro atoms. The molecule has 0 aromatic heterocycles. The summed E-state index contributed by atoms with van der Waals surface area (Å²) in [5, 5.41) is 0. The van der Waals surface area contributed by atoms with E-state index in [1.807, 2.05) is 4.90 Å². The minimum Gasteiger partial charge on any atom is -0.463 e. The fourth-order valence-electron chi connectivity index (χ4n) is 3.81. The summed E-state index contributed by atoms with van der Waals surface area (Å²) >= 11 is 0. The fraction of sp³-hybridized carbons (Fsp3) is 0.857. The molecule has 0 fully saturated rings. The molecule has 4 heteroatoms. The van der Waals surface area contributed by atoms with Gasteiger partial charge in [-0.15, -0.1) is 0 Å². The number of unbranched alkanes of at least 4 members (excludes halogenated alkanes) is 12. The highest BCUT2D eigenvalue weighted by atomic mass is 16.5. The number of amides is 1. The predicted octanol–water partition coefficient (Wildman–Crippen LogP) is 7.85. The van der Waals surface area contributed by atoms with Crippen molar-refractivity contribution in [2.24, 2.45) is 5.92 Å². The number of ether oxygens (including phenoxy) is 1. The van der Waals surface area contributed by atoms with E-state index in [9.17, 15) is 9.59 Å². The number of carbonyl (C=O) groups excluding carboxylic acids is 2. The molecule has 0 rings (SSSR count). The number of rotatable bonds is 22. The van der Waals surface area contributed by atoms with Crippen molar-refractivity contribution in [1.82, 2.24) is 4.90 Å². The van der Waals surface area contributed by atoms with Gasteiger partial charge in [0.1, 0.15) is 0 Å². The maximum absolute atomic E-state index is 12.7. The number of nitrogens with zero attached hydrogens (tertiary/aromatic N) is 1. The molecule has 0 radical (unpaired) electrons. The molecule has 4 nitrogen and oxygen atoms in total. The Bertz CT molecular complexity index is 455. The number of hydrogen-bond acceptors (Lipinski definition) is 3. The van der Waals surface area contributed by atoms with Crippen LogP contribution in [-0.4, -0.2) is 36.5 Å². The third-order valence-corrected chi connectivity index (χ3v) is 5.91. The lowest BCUT2D eigenvalue weighted by atomic mass is 10.1. The van der Waals surface area contributed by atoms with Crippen LogP contribution in [0.3, 0.4) is 0 Å². The first kappa shape index (κ1) is 30.7. The Hall–Kier alpha value is -1.32. The second-order valence-corrected chi connectivity index (χ2v) is 9.60. The van der Waals surface area contributed by atoms with Crippen LogP contribution in [0.15, 0.2) is 12.2 Å². The summed E-state index contributed by atoms with van der Waals surface area (Å²) in [5.41, 5.74) is 0. The number of esters is 1. The third kappa shape index (κ3) is 20.6. The standard InChI is InChI=1S/C28H53NO3/c1-5-7-9-11-13-15-17-23-29(24-18-16-14-12-10-8-6-2)27(30)21-22-28(31)32-25-19-20-26(3)4/h21-22,26H,5-20,23-25H2,1-4H3/b22-21+. The van der Waals surface area contributed by atoms with Crippen molar-refractivity contribution in [1.29, 1.82) is 0 Å². The van der Waals surface area contributed by atoms with E-state index in [-0.39, 0.29) is 5.91 Å². The van der Waals surface area contributed by atoms with Gasteiger partial charge in [-0.2, -0.15) is 0 Å². The van der Waals surface area contributed by atoms with Crippen molar-refractivity contribution in [3.8, 4) is 0 Å². The fourth-order valence-corrected chi connectivity index (χ4v) is 3.81. The summed E-state index contributed by atoms with van der Waals surface area (Å²) in [4.78, 5) is 26.5. The second kappa shape index (κ2) is 22.9. The smallest absolute Gasteiger partial charge is 0.330 e. The van der Waals surface area contributed by atoms with E-state index in [0.29, 0.717) is 12.5 Å². The van der Waals surface area contributed by atoms with Crippen molar-refractivity contribution >= 4 is 11.9 Å². The predicted molar refractivity (Wildman–Crippen MR) is 137 cm³/mol. The van der Waals surface area contributed by atoms with Gasteiger partial charge in [-0.3, -0.25) is 4.79 Å². The van der Waals surface area contributed by atoms with Crippen LogP contribution in [0.2, 0.25) is 0 Å². The van der Waals surface area contributed by atoms with Crippen molar-refractivity contribution in [3.05, 3.63) is 12.2 Å². The Morgan fingerprint density at radius 1 is 0.688 bits per heavy atom. The lowest BCUT2D eigenvalue weighted by Crippen LogP contribution is -2.31. The number of carbonyl (C=O) groups is 2. The molecule has 1 amide bonds. The second-order valence-electron chi connectivity index (χ2n) is 9.60. The normalized spacial score (nSPS) is 11.4. The van der Waals surface area contributed by atoms with Gasteiger partial charge in [0.25, 0.3) is 0 Å². The molecule has 0 aliphatic rings. The summed E-state index contributed by atoms with van der Waals surface area (Å²) in [6, 6.07) is 0. The van der Waals surface area contributed by atoms with E-state index in [1.54, 1.807) is 0 Å². The largest absolute Gasteiger partial charge is 0.463 e.